The summed E-state index contributed by atoms with van der Waals surface area (Å²) in [6, 6.07) is 6.12. The quantitative estimate of drug-likeness (QED) is 0.647. The fraction of sp³-hybridized carbons (Fsp3) is 0.412. The second-order valence-corrected chi connectivity index (χ2v) is 8.80. The molecule has 0 amide bonds. The summed E-state index contributed by atoms with van der Waals surface area (Å²) in [5, 5.41) is 2.86. The number of carbonyl (C=O) groups excluding carboxylic acids is 1. The van der Waals surface area contributed by atoms with Gasteiger partial charge in [-0.15, -0.1) is 0 Å². The minimum absolute atomic E-state index is 0.172. The zero-order valence-electron chi connectivity index (χ0n) is 14.7. The number of halogens is 4. The molecule has 1 aliphatic rings. The summed E-state index contributed by atoms with van der Waals surface area (Å²) in [7, 11) is -3.17. The molecule has 3 rings (SSSR count). The molecule has 1 aliphatic carbocycles. The Balaban J connectivity index is 2.01. The molecular weight excluding hydrogens is 421 g/mol. The Morgan fingerprint density at radius 3 is 2.54 bits per heavy atom. The van der Waals surface area contributed by atoms with Gasteiger partial charge in [0.05, 0.1) is 17.2 Å². The lowest BCUT2D eigenvalue weighted by Gasteiger charge is -2.11. The van der Waals surface area contributed by atoms with E-state index >= 15 is 0 Å². The summed E-state index contributed by atoms with van der Waals surface area (Å²) in [5.41, 5.74) is -1.84. The zero-order chi connectivity index (χ0) is 20.7. The van der Waals surface area contributed by atoms with Crippen molar-refractivity contribution in [2.24, 2.45) is 13.0 Å². The number of aryl methyl sites for hydroxylation is 1. The maximum Gasteiger partial charge on any atom is 0.435 e. The fourth-order valence-electron chi connectivity index (χ4n) is 2.77. The maximum absolute atomic E-state index is 13.4. The average Bonchev–Trinajstić information content (AvgIpc) is 3.36. The van der Waals surface area contributed by atoms with Crippen molar-refractivity contribution in [2.75, 3.05) is 0 Å². The van der Waals surface area contributed by atoms with E-state index in [9.17, 15) is 26.4 Å². The summed E-state index contributed by atoms with van der Waals surface area (Å²) in [6.07, 6.45) is -3.69. The Morgan fingerprint density at radius 1 is 1.32 bits per heavy atom. The van der Waals surface area contributed by atoms with Crippen LogP contribution in [0.15, 0.2) is 29.3 Å². The molecule has 1 aromatic heterocycles. The van der Waals surface area contributed by atoms with Crippen LogP contribution < -0.4 is 0 Å². The minimum Gasteiger partial charge on any atom is -0.460 e. The van der Waals surface area contributed by atoms with Crippen LogP contribution in [0.2, 0.25) is 5.02 Å². The zero-order valence-corrected chi connectivity index (χ0v) is 16.2. The number of alkyl halides is 3. The van der Waals surface area contributed by atoms with Crippen LogP contribution >= 0.6 is 11.6 Å². The van der Waals surface area contributed by atoms with Gasteiger partial charge in [0.1, 0.15) is 6.61 Å². The van der Waals surface area contributed by atoms with Crippen molar-refractivity contribution < 1.29 is 31.1 Å². The summed E-state index contributed by atoms with van der Waals surface area (Å²) in [5.74, 6) is -1.60. The number of hydrogen-bond acceptors (Lipinski definition) is 5. The van der Waals surface area contributed by atoms with Gasteiger partial charge >= 0.3 is 12.1 Å². The Labute approximate surface area is 164 Å². The molecule has 152 valence electrons. The van der Waals surface area contributed by atoms with Crippen LogP contribution in [0.1, 0.15) is 29.7 Å². The first-order valence-electron chi connectivity index (χ1n) is 8.26. The highest BCUT2D eigenvalue weighted by Gasteiger charge is 2.42. The van der Waals surface area contributed by atoms with Gasteiger partial charge in [-0.1, -0.05) is 29.8 Å². The molecule has 11 heteroatoms. The Morgan fingerprint density at radius 2 is 1.96 bits per heavy atom. The summed E-state index contributed by atoms with van der Waals surface area (Å²) >= 11 is 5.98. The van der Waals surface area contributed by atoms with Crippen LogP contribution in [0.25, 0.3) is 0 Å². The van der Waals surface area contributed by atoms with Crippen LogP contribution in [0.4, 0.5) is 13.2 Å². The van der Waals surface area contributed by atoms with Crippen molar-refractivity contribution in [1.82, 2.24) is 9.78 Å². The van der Waals surface area contributed by atoms with Crippen molar-refractivity contribution in [3.05, 3.63) is 46.1 Å². The van der Waals surface area contributed by atoms with E-state index in [0.717, 1.165) is 7.05 Å². The third kappa shape index (κ3) is 4.33. The first-order valence-corrected chi connectivity index (χ1v) is 10.3. The van der Waals surface area contributed by atoms with Crippen molar-refractivity contribution in [2.45, 2.75) is 36.4 Å². The van der Waals surface area contributed by atoms with Crippen LogP contribution in [0, 0.1) is 5.92 Å². The molecule has 0 aliphatic heterocycles. The molecule has 0 atom stereocenters. The lowest BCUT2D eigenvalue weighted by Crippen LogP contribution is -2.16. The van der Waals surface area contributed by atoms with E-state index < -0.39 is 50.6 Å². The molecule has 1 fully saturated rings. The van der Waals surface area contributed by atoms with Crippen molar-refractivity contribution in [3.8, 4) is 0 Å². The SMILES string of the molecule is Cn1nc(C(F)(F)F)c(COC(=O)C2CC2)c1S(=O)(=O)Cc1ccccc1Cl. The normalized spacial score (nSPS) is 14.9. The van der Waals surface area contributed by atoms with Crippen LogP contribution in [0.5, 0.6) is 0 Å². The Bertz CT molecular complexity index is 1010. The number of hydrogen-bond donors (Lipinski definition) is 0. The standard InChI is InChI=1S/C17H16ClF3N2O4S/c1-23-15(28(25,26)9-11-4-2-3-5-13(11)18)12(14(22-23)17(19,20)21)8-27-16(24)10-6-7-10/h2-5,10H,6-9H2,1H3. The van der Waals surface area contributed by atoms with E-state index in [0.29, 0.717) is 17.5 Å². The molecule has 0 N–H and O–H groups in total. The largest absolute Gasteiger partial charge is 0.460 e. The Kier molecular flexibility index (Phi) is 5.46. The third-order valence-corrected chi connectivity index (χ3v) is 6.38. The molecule has 2 aromatic rings. The number of esters is 1. The molecule has 0 radical (unpaired) electrons. The molecule has 0 unspecified atom stereocenters. The van der Waals surface area contributed by atoms with E-state index in [1.807, 2.05) is 0 Å². The van der Waals surface area contributed by atoms with Crippen molar-refractivity contribution >= 4 is 27.4 Å². The van der Waals surface area contributed by atoms with Gasteiger partial charge in [0.2, 0.25) is 0 Å². The highest BCUT2D eigenvalue weighted by atomic mass is 35.5. The number of sulfone groups is 1. The molecule has 1 heterocycles. The second kappa shape index (κ2) is 7.40. The van der Waals surface area contributed by atoms with Gasteiger partial charge in [0.25, 0.3) is 0 Å². The van der Waals surface area contributed by atoms with E-state index in [-0.39, 0.29) is 16.5 Å². The van der Waals surface area contributed by atoms with Gasteiger partial charge in [0, 0.05) is 12.1 Å². The average molecular weight is 437 g/mol. The lowest BCUT2D eigenvalue weighted by atomic mass is 10.2. The van der Waals surface area contributed by atoms with Gasteiger partial charge in [-0.2, -0.15) is 18.3 Å². The number of benzene rings is 1. The number of rotatable bonds is 6. The van der Waals surface area contributed by atoms with E-state index in [1.165, 1.54) is 12.1 Å². The van der Waals surface area contributed by atoms with Crippen molar-refractivity contribution in [1.29, 1.82) is 0 Å². The monoisotopic (exact) mass is 436 g/mol. The lowest BCUT2D eigenvalue weighted by molar-refractivity contribution is -0.150. The molecule has 1 aromatic carbocycles. The molecule has 1 saturated carbocycles. The summed E-state index contributed by atoms with van der Waals surface area (Å²) in [6.45, 7) is -0.824. The molecule has 6 nitrogen and oxygen atoms in total. The maximum atomic E-state index is 13.4. The van der Waals surface area contributed by atoms with Gasteiger partial charge in [0.15, 0.2) is 20.6 Å². The number of carbonyl (C=O) groups is 1. The van der Waals surface area contributed by atoms with Gasteiger partial charge in [-0.3, -0.25) is 9.48 Å². The van der Waals surface area contributed by atoms with E-state index in [1.54, 1.807) is 12.1 Å². The smallest absolute Gasteiger partial charge is 0.435 e. The van der Waals surface area contributed by atoms with Gasteiger partial charge in [-0.05, 0) is 24.5 Å². The fourth-order valence-corrected chi connectivity index (χ4v) is 4.82. The second-order valence-electron chi connectivity index (χ2n) is 6.49. The predicted octanol–water partition coefficient (Wildman–Crippen LogP) is 3.52. The molecule has 0 spiro atoms. The first kappa shape index (κ1) is 20.7. The molecule has 0 bridgehead atoms. The van der Waals surface area contributed by atoms with Gasteiger partial charge < -0.3 is 4.74 Å². The molecule has 0 saturated heterocycles. The van der Waals surface area contributed by atoms with Gasteiger partial charge in [-0.25, -0.2) is 8.42 Å². The predicted molar refractivity (Wildman–Crippen MR) is 93.1 cm³/mol. The van der Waals surface area contributed by atoms with Crippen LogP contribution in [-0.2, 0) is 45.0 Å². The molecule has 28 heavy (non-hydrogen) atoms. The number of nitrogens with zero attached hydrogens (tertiary/aromatic N) is 2. The highest BCUT2D eigenvalue weighted by molar-refractivity contribution is 7.90. The number of ether oxygens (including phenoxy) is 1. The third-order valence-electron chi connectivity index (χ3n) is 4.22. The highest BCUT2D eigenvalue weighted by Crippen LogP contribution is 2.36. The van der Waals surface area contributed by atoms with Crippen LogP contribution in [0.3, 0.4) is 0 Å². The summed E-state index contributed by atoms with van der Waals surface area (Å²) < 4.78 is 71.5. The van der Waals surface area contributed by atoms with Crippen molar-refractivity contribution in [3.63, 3.8) is 0 Å². The molecular formula is C17H16ClF3N2O4S. The first-order chi connectivity index (χ1) is 13.0. The number of aromatic nitrogens is 2. The summed E-state index contributed by atoms with van der Waals surface area (Å²) in [4.78, 5) is 11.7. The van der Waals surface area contributed by atoms with E-state index in [4.69, 9.17) is 16.3 Å². The Hall–Kier alpha value is -2.07. The minimum atomic E-state index is -4.91. The topological polar surface area (TPSA) is 78.3 Å². The van der Waals surface area contributed by atoms with E-state index in [2.05, 4.69) is 5.10 Å². The van der Waals surface area contributed by atoms with Crippen LogP contribution in [-0.4, -0.2) is 24.2 Å².